The van der Waals surface area contributed by atoms with Gasteiger partial charge in [0.2, 0.25) is 0 Å². The van der Waals surface area contributed by atoms with E-state index in [0.29, 0.717) is 5.92 Å². The van der Waals surface area contributed by atoms with Gasteiger partial charge in [-0.15, -0.1) is 11.3 Å². The van der Waals surface area contributed by atoms with Crippen LogP contribution in [0.2, 0.25) is 0 Å². The summed E-state index contributed by atoms with van der Waals surface area (Å²) in [6.45, 7) is 10.4. The van der Waals surface area contributed by atoms with Gasteiger partial charge < -0.3 is 10.6 Å². The van der Waals surface area contributed by atoms with E-state index in [0.717, 1.165) is 24.1 Å². The van der Waals surface area contributed by atoms with Crippen molar-refractivity contribution in [2.75, 3.05) is 19.8 Å². The van der Waals surface area contributed by atoms with E-state index in [-0.39, 0.29) is 4.75 Å². The van der Waals surface area contributed by atoms with Crippen LogP contribution < -0.4 is 10.6 Å². The summed E-state index contributed by atoms with van der Waals surface area (Å²) in [5.74, 6) is 1.31. The molecule has 1 aromatic heterocycles. The molecular weight excluding hydrogens is 288 g/mol. The second-order valence-electron chi connectivity index (χ2n) is 5.56. The molecule has 0 aliphatic carbocycles. The largest absolute Gasteiger partial charge is 0.355 e. The first-order chi connectivity index (χ1) is 9.38. The maximum atomic E-state index is 4.61. The van der Waals surface area contributed by atoms with Gasteiger partial charge in [0, 0.05) is 23.7 Å². The lowest BCUT2D eigenvalue weighted by molar-refractivity contribution is 0.664. The van der Waals surface area contributed by atoms with Crippen LogP contribution in [0.4, 0.5) is 0 Å². The van der Waals surface area contributed by atoms with Gasteiger partial charge in [0.25, 0.3) is 0 Å². The molecule has 1 heterocycles. The van der Waals surface area contributed by atoms with E-state index in [2.05, 4.69) is 59.9 Å². The number of thioether (sulfide) groups is 1. The quantitative estimate of drug-likeness (QED) is 0.626. The Hall–Kier alpha value is -0.750. The van der Waals surface area contributed by atoms with Gasteiger partial charge in [0.1, 0.15) is 5.01 Å². The molecule has 0 bridgehead atoms. The molecule has 0 saturated carbocycles. The number of aliphatic imine (C=N–C) groups is 1. The average Bonchev–Trinajstić information content (AvgIpc) is 2.88. The number of aromatic nitrogens is 1. The summed E-state index contributed by atoms with van der Waals surface area (Å²) in [5.41, 5.74) is 1.17. The summed E-state index contributed by atoms with van der Waals surface area (Å²) in [5, 5.41) is 9.90. The third-order valence-corrected chi connectivity index (χ3v) is 5.14. The molecular formula is C14H26N4S2. The summed E-state index contributed by atoms with van der Waals surface area (Å²) in [7, 11) is 1.79. The van der Waals surface area contributed by atoms with Crippen molar-refractivity contribution in [1.29, 1.82) is 0 Å². The lowest BCUT2D eigenvalue weighted by Gasteiger charge is -2.23. The Morgan fingerprint density at radius 1 is 1.45 bits per heavy atom. The second kappa shape index (κ2) is 7.88. The Labute approximate surface area is 130 Å². The maximum absolute atomic E-state index is 4.61. The van der Waals surface area contributed by atoms with Crippen LogP contribution in [-0.2, 0) is 6.54 Å². The van der Waals surface area contributed by atoms with Gasteiger partial charge >= 0.3 is 0 Å². The third kappa shape index (κ3) is 5.71. The monoisotopic (exact) mass is 314 g/mol. The van der Waals surface area contributed by atoms with Crippen LogP contribution in [0, 0.1) is 0 Å². The highest BCUT2D eigenvalue weighted by Gasteiger charge is 2.16. The lowest BCUT2D eigenvalue weighted by Crippen LogP contribution is -2.42. The lowest BCUT2D eigenvalue weighted by atomic mass is 10.2. The van der Waals surface area contributed by atoms with Crippen molar-refractivity contribution in [2.24, 2.45) is 4.99 Å². The number of nitrogens with zero attached hydrogens (tertiary/aromatic N) is 2. The molecule has 0 amide bonds. The van der Waals surface area contributed by atoms with Crippen molar-refractivity contribution >= 4 is 29.1 Å². The van der Waals surface area contributed by atoms with Crippen molar-refractivity contribution in [3.8, 4) is 0 Å². The number of hydrogen-bond acceptors (Lipinski definition) is 4. The fourth-order valence-corrected chi connectivity index (χ4v) is 2.53. The van der Waals surface area contributed by atoms with Crippen molar-refractivity contribution in [2.45, 2.75) is 44.9 Å². The van der Waals surface area contributed by atoms with Gasteiger partial charge in [-0.2, -0.15) is 11.8 Å². The molecule has 20 heavy (non-hydrogen) atoms. The van der Waals surface area contributed by atoms with Crippen LogP contribution in [0.5, 0.6) is 0 Å². The van der Waals surface area contributed by atoms with E-state index in [1.165, 1.54) is 5.69 Å². The van der Waals surface area contributed by atoms with Gasteiger partial charge in [-0.25, -0.2) is 4.98 Å². The third-order valence-electron chi connectivity index (χ3n) is 3.03. The molecule has 0 atom stereocenters. The van der Waals surface area contributed by atoms with E-state index in [9.17, 15) is 0 Å². The standard InChI is InChI=1S/C14H26N4S2/c1-10(2)11-8-20-12(18-11)7-16-13(15-5)17-9-14(3,4)19-6/h8,10H,7,9H2,1-6H3,(H2,15,16,17). The van der Waals surface area contributed by atoms with Crippen LogP contribution >= 0.6 is 23.1 Å². The Kier molecular flexibility index (Phi) is 6.82. The van der Waals surface area contributed by atoms with Gasteiger partial charge in [0.05, 0.1) is 12.2 Å². The molecule has 0 fully saturated rings. The molecule has 4 nitrogen and oxygen atoms in total. The summed E-state index contributed by atoms with van der Waals surface area (Å²) < 4.78 is 0.198. The average molecular weight is 315 g/mol. The van der Waals surface area contributed by atoms with Crippen molar-refractivity contribution in [1.82, 2.24) is 15.6 Å². The minimum Gasteiger partial charge on any atom is -0.355 e. The highest BCUT2D eigenvalue weighted by Crippen LogP contribution is 2.19. The first-order valence-electron chi connectivity index (χ1n) is 6.82. The van der Waals surface area contributed by atoms with Gasteiger partial charge in [-0.3, -0.25) is 4.99 Å². The topological polar surface area (TPSA) is 49.3 Å². The highest BCUT2D eigenvalue weighted by molar-refractivity contribution is 7.99. The molecule has 0 aliphatic rings. The van der Waals surface area contributed by atoms with E-state index < -0.39 is 0 Å². The summed E-state index contributed by atoms with van der Waals surface area (Å²) in [4.78, 5) is 8.85. The van der Waals surface area contributed by atoms with E-state index >= 15 is 0 Å². The Bertz CT molecular complexity index is 438. The van der Waals surface area contributed by atoms with Crippen LogP contribution in [0.3, 0.4) is 0 Å². The first kappa shape index (κ1) is 17.3. The normalized spacial score (nSPS) is 12.8. The first-order valence-corrected chi connectivity index (χ1v) is 8.92. The molecule has 0 unspecified atom stereocenters. The van der Waals surface area contributed by atoms with Crippen LogP contribution in [-0.4, -0.2) is 35.5 Å². The summed E-state index contributed by atoms with van der Waals surface area (Å²) >= 11 is 3.54. The highest BCUT2D eigenvalue weighted by atomic mass is 32.2. The van der Waals surface area contributed by atoms with Gasteiger partial charge in [-0.1, -0.05) is 13.8 Å². The Morgan fingerprint density at radius 3 is 2.65 bits per heavy atom. The predicted octanol–water partition coefficient (Wildman–Crippen LogP) is 3.07. The number of nitrogens with one attached hydrogen (secondary N) is 2. The molecule has 114 valence electrons. The zero-order chi connectivity index (χ0) is 15.2. The zero-order valence-electron chi connectivity index (χ0n) is 13.3. The van der Waals surface area contributed by atoms with Crippen molar-refractivity contribution in [3.05, 3.63) is 16.1 Å². The van der Waals surface area contributed by atoms with Crippen molar-refractivity contribution in [3.63, 3.8) is 0 Å². The summed E-state index contributed by atoms with van der Waals surface area (Å²) in [6, 6.07) is 0. The molecule has 1 aromatic rings. The van der Waals surface area contributed by atoms with Crippen LogP contribution in [0.25, 0.3) is 0 Å². The number of guanidine groups is 1. The molecule has 6 heteroatoms. The molecule has 0 aromatic carbocycles. The minimum absolute atomic E-state index is 0.198. The fraction of sp³-hybridized carbons (Fsp3) is 0.714. The van der Waals surface area contributed by atoms with Gasteiger partial charge in [0.15, 0.2) is 5.96 Å². The van der Waals surface area contributed by atoms with Crippen LogP contribution in [0.15, 0.2) is 10.4 Å². The van der Waals surface area contributed by atoms with E-state index in [1.807, 2.05) is 11.8 Å². The number of rotatable bonds is 6. The molecule has 1 rings (SSSR count). The fourth-order valence-electron chi connectivity index (χ4n) is 1.42. The molecule has 0 saturated heterocycles. The Morgan fingerprint density at radius 2 is 2.15 bits per heavy atom. The van der Waals surface area contributed by atoms with Crippen molar-refractivity contribution < 1.29 is 0 Å². The van der Waals surface area contributed by atoms with E-state index in [4.69, 9.17) is 0 Å². The summed E-state index contributed by atoms with van der Waals surface area (Å²) in [6.07, 6.45) is 2.13. The maximum Gasteiger partial charge on any atom is 0.191 e. The molecule has 2 N–H and O–H groups in total. The van der Waals surface area contributed by atoms with Gasteiger partial charge in [-0.05, 0) is 26.0 Å². The second-order valence-corrected chi connectivity index (χ2v) is 8.02. The van der Waals surface area contributed by atoms with E-state index in [1.54, 1.807) is 18.4 Å². The minimum atomic E-state index is 0.198. The predicted molar refractivity (Wildman–Crippen MR) is 92.0 cm³/mol. The molecule has 0 aliphatic heterocycles. The van der Waals surface area contributed by atoms with Crippen LogP contribution in [0.1, 0.15) is 44.3 Å². The number of hydrogen-bond donors (Lipinski definition) is 2. The molecule has 0 spiro atoms. The smallest absolute Gasteiger partial charge is 0.191 e. The molecule has 0 radical (unpaired) electrons. The Balaban J connectivity index is 2.45. The zero-order valence-corrected chi connectivity index (χ0v) is 14.9. The number of thiazole rings is 1. The SMILES string of the molecule is CN=C(NCc1nc(C(C)C)cs1)NCC(C)(C)SC.